The van der Waals surface area contributed by atoms with Gasteiger partial charge in [0.1, 0.15) is 23.4 Å². The zero-order chi connectivity index (χ0) is 31.3. The van der Waals surface area contributed by atoms with Crippen LogP contribution in [0.2, 0.25) is 0 Å². The second kappa shape index (κ2) is 16.4. The maximum atomic E-state index is 14.3. The highest BCUT2D eigenvalue weighted by molar-refractivity contribution is 5.99. The molecule has 2 unspecified atom stereocenters. The van der Waals surface area contributed by atoms with E-state index in [0.717, 1.165) is 31.2 Å². The van der Waals surface area contributed by atoms with Crippen LogP contribution in [0.25, 0.3) is 0 Å². The molecule has 0 heterocycles. The van der Waals surface area contributed by atoms with Gasteiger partial charge in [0, 0.05) is 18.7 Å². The summed E-state index contributed by atoms with van der Waals surface area (Å²) < 4.78 is 5.38. The fraction of sp³-hybridized carbons (Fsp3) is 0.500. The largest absolute Gasteiger partial charge is 0.508 e. The van der Waals surface area contributed by atoms with Crippen LogP contribution < -0.4 is 16.4 Å². The summed E-state index contributed by atoms with van der Waals surface area (Å²) >= 11 is 0. The van der Waals surface area contributed by atoms with E-state index in [1.807, 2.05) is 19.1 Å². The third-order valence-corrected chi connectivity index (χ3v) is 6.63. The van der Waals surface area contributed by atoms with Gasteiger partial charge in [-0.25, -0.2) is 4.79 Å². The van der Waals surface area contributed by atoms with Crippen LogP contribution in [0, 0.1) is 6.92 Å². The highest BCUT2D eigenvalue weighted by Crippen LogP contribution is 2.28. The van der Waals surface area contributed by atoms with Crippen molar-refractivity contribution in [1.82, 2.24) is 10.2 Å². The van der Waals surface area contributed by atoms with Crippen molar-refractivity contribution in [2.24, 2.45) is 5.73 Å². The molecule has 0 aliphatic heterocycles. The average molecular weight is 583 g/mol. The molecule has 0 aliphatic carbocycles. The third kappa shape index (κ3) is 11.4. The van der Waals surface area contributed by atoms with Gasteiger partial charge >= 0.3 is 6.09 Å². The average Bonchev–Trinajstić information content (AvgIpc) is 2.91. The van der Waals surface area contributed by atoms with E-state index >= 15 is 0 Å². The van der Waals surface area contributed by atoms with Gasteiger partial charge in [0.25, 0.3) is 5.91 Å². The Kier molecular flexibility index (Phi) is 13.3. The van der Waals surface area contributed by atoms with Gasteiger partial charge in [-0.2, -0.15) is 0 Å². The number of carbonyl (C=O) groups is 4. The Morgan fingerprint density at radius 2 is 1.62 bits per heavy atom. The number of benzene rings is 2. The smallest absolute Gasteiger partial charge is 0.408 e. The van der Waals surface area contributed by atoms with E-state index in [-0.39, 0.29) is 25.1 Å². The molecule has 0 saturated carbocycles. The van der Waals surface area contributed by atoms with E-state index in [2.05, 4.69) is 17.6 Å². The Morgan fingerprint density at radius 1 is 0.976 bits per heavy atom. The predicted octanol–water partition coefficient (Wildman–Crippen LogP) is 5.34. The molecule has 0 aliphatic rings. The van der Waals surface area contributed by atoms with Crippen LogP contribution in [-0.4, -0.2) is 52.0 Å². The topological polar surface area (TPSA) is 151 Å². The Bertz CT molecular complexity index is 1190. The maximum Gasteiger partial charge on any atom is 0.408 e. The molecular weight excluding hydrogens is 536 g/mol. The number of hydrogen-bond acceptors (Lipinski definition) is 6. The van der Waals surface area contributed by atoms with E-state index < -0.39 is 41.5 Å². The number of ether oxygens (including phenoxy) is 1. The number of phenols is 1. The van der Waals surface area contributed by atoms with Crippen LogP contribution in [-0.2, 0) is 19.1 Å². The number of carbonyl (C=O) groups excluding carboxylic acids is 4. The van der Waals surface area contributed by atoms with Crippen molar-refractivity contribution in [3.05, 3.63) is 59.7 Å². The quantitative estimate of drug-likeness (QED) is 0.208. The number of nitrogens with two attached hydrogens (primary N) is 1. The van der Waals surface area contributed by atoms with Crippen molar-refractivity contribution in [1.29, 1.82) is 0 Å². The normalized spacial score (nSPS) is 12.6. The number of amides is 4. The Balaban J connectivity index is 2.54. The molecule has 0 saturated heterocycles. The van der Waals surface area contributed by atoms with Crippen molar-refractivity contribution in [3.8, 4) is 5.75 Å². The Hall–Kier alpha value is -4.08. The first-order valence-corrected chi connectivity index (χ1v) is 14.6. The first-order valence-electron chi connectivity index (χ1n) is 14.6. The van der Waals surface area contributed by atoms with Gasteiger partial charge in [-0.05, 0) is 69.9 Å². The van der Waals surface area contributed by atoms with Crippen LogP contribution in [0.15, 0.2) is 48.5 Å². The number of aryl methyl sites for hydroxylation is 1. The van der Waals surface area contributed by atoms with Crippen LogP contribution in [0.4, 0.5) is 10.5 Å². The van der Waals surface area contributed by atoms with E-state index in [9.17, 15) is 24.3 Å². The molecule has 0 bridgehead atoms. The SMILES string of the molecule is CCCCCCCN(C(=O)C(CCC(N)=O)NC(=O)OC(C)(C)C)C(C(=O)Nc1ccccc1C)c1ccc(O)cc1. The maximum absolute atomic E-state index is 14.3. The lowest BCUT2D eigenvalue weighted by Crippen LogP contribution is -2.52. The molecule has 10 heteroatoms. The molecule has 230 valence electrons. The second-order valence-electron chi connectivity index (χ2n) is 11.4. The summed E-state index contributed by atoms with van der Waals surface area (Å²) in [7, 11) is 0. The van der Waals surface area contributed by atoms with E-state index in [1.54, 1.807) is 45.0 Å². The molecule has 2 aromatic rings. The summed E-state index contributed by atoms with van der Waals surface area (Å²) in [5.41, 5.74) is 6.50. The lowest BCUT2D eigenvalue weighted by atomic mass is 10.00. The molecule has 42 heavy (non-hydrogen) atoms. The van der Waals surface area contributed by atoms with Crippen molar-refractivity contribution < 1.29 is 29.0 Å². The third-order valence-electron chi connectivity index (χ3n) is 6.63. The number of primary amides is 1. The molecule has 2 aromatic carbocycles. The fourth-order valence-corrected chi connectivity index (χ4v) is 4.49. The molecule has 0 aromatic heterocycles. The number of alkyl carbamates (subject to hydrolysis) is 1. The molecule has 5 N–H and O–H groups in total. The zero-order valence-corrected chi connectivity index (χ0v) is 25.4. The lowest BCUT2D eigenvalue weighted by molar-refractivity contribution is -0.141. The first-order chi connectivity index (χ1) is 19.8. The fourth-order valence-electron chi connectivity index (χ4n) is 4.49. The summed E-state index contributed by atoms with van der Waals surface area (Å²) in [6.07, 6.45) is 3.48. The Morgan fingerprint density at radius 3 is 2.21 bits per heavy atom. The minimum absolute atomic E-state index is 0.0141. The van der Waals surface area contributed by atoms with E-state index in [1.165, 1.54) is 17.0 Å². The molecule has 10 nitrogen and oxygen atoms in total. The molecule has 2 atom stereocenters. The minimum atomic E-state index is -1.17. The number of aromatic hydroxyl groups is 1. The van der Waals surface area contributed by atoms with Gasteiger partial charge in [0.15, 0.2) is 0 Å². The van der Waals surface area contributed by atoms with Crippen LogP contribution in [0.1, 0.15) is 89.8 Å². The van der Waals surface area contributed by atoms with Gasteiger partial charge in [0.2, 0.25) is 11.8 Å². The number of para-hydroxylation sites is 1. The molecule has 0 spiro atoms. The lowest BCUT2D eigenvalue weighted by Gasteiger charge is -2.34. The second-order valence-corrected chi connectivity index (χ2v) is 11.4. The summed E-state index contributed by atoms with van der Waals surface area (Å²) in [4.78, 5) is 54.1. The molecule has 4 amide bonds. The zero-order valence-electron chi connectivity index (χ0n) is 25.4. The number of rotatable bonds is 15. The van der Waals surface area contributed by atoms with Gasteiger partial charge in [0.05, 0.1) is 0 Å². The highest BCUT2D eigenvalue weighted by atomic mass is 16.6. The molecule has 0 radical (unpaired) electrons. The molecule has 2 rings (SSSR count). The van der Waals surface area contributed by atoms with Gasteiger partial charge in [-0.15, -0.1) is 0 Å². The minimum Gasteiger partial charge on any atom is -0.508 e. The molecule has 0 fully saturated rings. The summed E-state index contributed by atoms with van der Waals surface area (Å²) in [6, 6.07) is 11.1. The van der Waals surface area contributed by atoms with Crippen molar-refractivity contribution in [2.45, 2.75) is 97.2 Å². The number of phenolic OH excluding ortho intramolecular Hbond substituents is 1. The standard InChI is InChI=1S/C32H46N4O6/c1-6-7-8-9-12-21-36(30(40)26(19-20-27(33)38)35-31(41)42-32(3,4)5)28(23-15-17-24(37)18-16-23)29(39)34-25-14-11-10-13-22(25)2/h10-11,13-18,26,28,37H,6-9,12,19-21H2,1-5H3,(H2,33,38)(H,34,39)(H,35,41). The number of hydrogen-bond donors (Lipinski definition) is 4. The summed E-state index contributed by atoms with van der Waals surface area (Å²) in [5.74, 6) is -1.61. The van der Waals surface area contributed by atoms with Crippen LogP contribution in [0.3, 0.4) is 0 Å². The summed E-state index contributed by atoms with van der Waals surface area (Å²) in [6.45, 7) is 9.30. The number of nitrogens with one attached hydrogen (secondary N) is 2. The number of unbranched alkanes of at least 4 members (excludes halogenated alkanes) is 4. The van der Waals surface area contributed by atoms with Gasteiger partial charge in [-0.3, -0.25) is 14.4 Å². The Labute approximate surface area is 249 Å². The van der Waals surface area contributed by atoms with Crippen molar-refractivity contribution in [3.63, 3.8) is 0 Å². The molecular formula is C32H46N4O6. The van der Waals surface area contributed by atoms with E-state index in [0.29, 0.717) is 17.7 Å². The van der Waals surface area contributed by atoms with Crippen LogP contribution >= 0.6 is 0 Å². The first kappa shape index (κ1) is 34.1. The summed E-state index contributed by atoms with van der Waals surface area (Å²) in [5, 5.41) is 15.5. The van der Waals surface area contributed by atoms with Crippen molar-refractivity contribution in [2.75, 3.05) is 11.9 Å². The number of anilines is 1. The van der Waals surface area contributed by atoms with Gasteiger partial charge in [-0.1, -0.05) is 62.9 Å². The van der Waals surface area contributed by atoms with Crippen molar-refractivity contribution >= 4 is 29.5 Å². The monoisotopic (exact) mass is 582 g/mol. The number of nitrogens with zero attached hydrogens (tertiary/aromatic N) is 1. The predicted molar refractivity (Wildman–Crippen MR) is 163 cm³/mol. The van der Waals surface area contributed by atoms with Crippen LogP contribution in [0.5, 0.6) is 5.75 Å². The van der Waals surface area contributed by atoms with Gasteiger partial charge < -0.3 is 31.1 Å². The highest BCUT2D eigenvalue weighted by Gasteiger charge is 2.36. The van der Waals surface area contributed by atoms with E-state index in [4.69, 9.17) is 10.5 Å².